The van der Waals surface area contributed by atoms with E-state index in [1.807, 2.05) is 0 Å². The lowest BCUT2D eigenvalue weighted by Gasteiger charge is -2.05. The fourth-order valence-electron chi connectivity index (χ4n) is 6.16. The Hall–Kier alpha value is 0. The van der Waals surface area contributed by atoms with E-state index in [2.05, 4.69) is 0 Å². The SMILES string of the molecule is C1CCC1.C1CCC1.C1CCCCCCCCCCCCC1.C1CCCCCCCCCCCCCCCCC1. The van der Waals surface area contributed by atoms with Gasteiger partial charge in [0.25, 0.3) is 0 Å². The van der Waals surface area contributed by atoms with Crippen molar-refractivity contribution in [3.05, 3.63) is 0 Å². The highest BCUT2D eigenvalue weighted by Crippen LogP contribution is 2.18. The minimum Gasteiger partial charge on any atom is -0.0533 e. The van der Waals surface area contributed by atoms with E-state index in [0.717, 1.165) is 0 Å². The minimum atomic E-state index is 1.50. The molecule has 40 heavy (non-hydrogen) atoms. The van der Waals surface area contributed by atoms with E-state index in [9.17, 15) is 0 Å². The molecule has 240 valence electrons. The molecule has 0 aromatic heterocycles. The van der Waals surface area contributed by atoms with Crippen LogP contribution in [0.1, 0.15) is 257 Å². The van der Waals surface area contributed by atoms with Crippen molar-refractivity contribution in [2.75, 3.05) is 0 Å². The van der Waals surface area contributed by atoms with Crippen molar-refractivity contribution < 1.29 is 0 Å². The van der Waals surface area contributed by atoms with Gasteiger partial charge in [0, 0.05) is 0 Å². The first-order valence-corrected chi connectivity index (χ1v) is 20.0. The van der Waals surface area contributed by atoms with Gasteiger partial charge >= 0.3 is 0 Å². The molecule has 0 saturated heterocycles. The van der Waals surface area contributed by atoms with Crippen molar-refractivity contribution in [3.8, 4) is 0 Å². The van der Waals surface area contributed by atoms with E-state index in [1.165, 1.54) is 257 Å². The monoisotopic (exact) mass is 561 g/mol. The molecule has 4 aliphatic carbocycles. The third-order valence-electron chi connectivity index (χ3n) is 10.00. The maximum absolute atomic E-state index is 1.50. The standard InChI is InChI=1S/C18H36.C14H28.2C4H8/c1-2-4-6-8-10-12-14-16-18-17-15-13-11-9-7-5-3-1;1-2-4-6-8-10-12-14-13-11-9-7-5-3-1;2*1-2-4-3-1/h1-18H2;1-14H2;2*1-4H2. The average molecular weight is 561 g/mol. The molecule has 0 bridgehead atoms. The lowest BCUT2D eigenvalue weighted by molar-refractivity contribution is 0.504. The van der Waals surface area contributed by atoms with Crippen LogP contribution in [0.2, 0.25) is 0 Å². The summed E-state index contributed by atoms with van der Waals surface area (Å²) < 4.78 is 0. The molecule has 0 aromatic carbocycles. The Kier molecular flexibility index (Phi) is 33.5. The third-order valence-corrected chi connectivity index (χ3v) is 10.00. The van der Waals surface area contributed by atoms with Crippen LogP contribution in [-0.2, 0) is 0 Å². The fraction of sp³-hybridized carbons (Fsp3) is 1.00. The molecular formula is C40H80. The van der Waals surface area contributed by atoms with Gasteiger partial charge in [0.05, 0.1) is 0 Å². The Balaban J connectivity index is 0.000000316. The maximum atomic E-state index is 1.50. The van der Waals surface area contributed by atoms with Crippen molar-refractivity contribution in [1.82, 2.24) is 0 Å². The molecule has 0 nitrogen and oxygen atoms in total. The molecule has 0 radical (unpaired) electrons. The van der Waals surface area contributed by atoms with Crippen molar-refractivity contribution in [2.24, 2.45) is 0 Å². The number of hydrogen-bond acceptors (Lipinski definition) is 0. The van der Waals surface area contributed by atoms with Crippen LogP contribution >= 0.6 is 0 Å². The van der Waals surface area contributed by atoms with Gasteiger partial charge in [0.1, 0.15) is 0 Å². The van der Waals surface area contributed by atoms with E-state index in [4.69, 9.17) is 0 Å². The van der Waals surface area contributed by atoms with Crippen LogP contribution < -0.4 is 0 Å². The van der Waals surface area contributed by atoms with E-state index in [-0.39, 0.29) is 0 Å². The van der Waals surface area contributed by atoms with E-state index in [0.29, 0.717) is 0 Å². The third kappa shape index (κ3) is 32.5. The van der Waals surface area contributed by atoms with Gasteiger partial charge in [-0.05, 0) is 0 Å². The van der Waals surface area contributed by atoms with Crippen molar-refractivity contribution >= 4 is 0 Å². The second kappa shape index (κ2) is 35.2. The van der Waals surface area contributed by atoms with Gasteiger partial charge in [-0.3, -0.25) is 0 Å². The minimum absolute atomic E-state index is 1.50. The molecule has 4 fully saturated rings. The first-order valence-electron chi connectivity index (χ1n) is 20.0. The summed E-state index contributed by atoms with van der Waals surface area (Å²) in [5, 5.41) is 0. The highest BCUT2D eigenvalue weighted by molar-refractivity contribution is 4.54. The summed E-state index contributed by atoms with van der Waals surface area (Å²) in [6.07, 6.45) is 60.0. The molecule has 0 aromatic rings. The van der Waals surface area contributed by atoms with Gasteiger partial charge in [-0.1, -0.05) is 257 Å². The van der Waals surface area contributed by atoms with Crippen LogP contribution in [0, 0.1) is 0 Å². The van der Waals surface area contributed by atoms with Crippen LogP contribution in [0.5, 0.6) is 0 Å². The molecule has 0 amide bonds. The molecular weight excluding hydrogens is 480 g/mol. The topological polar surface area (TPSA) is 0 Å². The molecule has 0 heteroatoms. The summed E-state index contributed by atoms with van der Waals surface area (Å²) in [6.45, 7) is 0. The zero-order valence-corrected chi connectivity index (χ0v) is 28.3. The summed E-state index contributed by atoms with van der Waals surface area (Å²) in [5.74, 6) is 0. The first-order chi connectivity index (χ1) is 20.0. The predicted octanol–water partition coefficient (Wildman–Crippen LogP) is 15.6. The Labute approximate surface area is 256 Å². The molecule has 0 spiro atoms. The fourth-order valence-corrected chi connectivity index (χ4v) is 6.16. The molecule has 0 aliphatic heterocycles. The quantitative estimate of drug-likeness (QED) is 0.276. The van der Waals surface area contributed by atoms with Crippen LogP contribution in [0.15, 0.2) is 0 Å². The zero-order valence-electron chi connectivity index (χ0n) is 28.3. The smallest absolute Gasteiger partial charge is 0.0533 e. The summed E-state index contributed by atoms with van der Waals surface area (Å²) in [7, 11) is 0. The maximum Gasteiger partial charge on any atom is -0.0533 e. The highest BCUT2D eigenvalue weighted by atomic mass is 14.0. The molecule has 4 saturated carbocycles. The number of hydrogen-bond donors (Lipinski definition) is 0. The van der Waals surface area contributed by atoms with E-state index >= 15 is 0 Å². The van der Waals surface area contributed by atoms with Gasteiger partial charge in [-0.15, -0.1) is 0 Å². The van der Waals surface area contributed by atoms with Gasteiger partial charge in [0.2, 0.25) is 0 Å². The molecule has 0 N–H and O–H groups in total. The summed E-state index contributed by atoms with van der Waals surface area (Å²) >= 11 is 0. The second-order valence-electron chi connectivity index (χ2n) is 14.1. The summed E-state index contributed by atoms with van der Waals surface area (Å²) in [4.78, 5) is 0. The predicted molar refractivity (Wildman–Crippen MR) is 185 cm³/mol. The lowest BCUT2D eigenvalue weighted by atomic mass is 10.0. The van der Waals surface area contributed by atoms with Crippen LogP contribution in [0.4, 0.5) is 0 Å². The molecule has 0 unspecified atom stereocenters. The second-order valence-corrected chi connectivity index (χ2v) is 14.1. The number of rotatable bonds is 0. The zero-order chi connectivity index (χ0) is 28.3. The summed E-state index contributed by atoms with van der Waals surface area (Å²) in [6, 6.07) is 0. The summed E-state index contributed by atoms with van der Waals surface area (Å²) in [5.41, 5.74) is 0. The van der Waals surface area contributed by atoms with Crippen molar-refractivity contribution in [2.45, 2.75) is 257 Å². The van der Waals surface area contributed by atoms with Gasteiger partial charge in [-0.25, -0.2) is 0 Å². The largest absolute Gasteiger partial charge is 0.0533 e. The molecule has 4 rings (SSSR count). The van der Waals surface area contributed by atoms with Crippen molar-refractivity contribution in [3.63, 3.8) is 0 Å². The Morgan fingerprint density at radius 3 is 0.100 bits per heavy atom. The van der Waals surface area contributed by atoms with Gasteiger partial charge in [0.15, 0.2) is 0 Å². The van der Waals surface area contributed by atoms with Gasteiger partial charge in [-0.2, -0.15) is 0 Å². The average Bonchev–Trinajstić information content (AvgIpc) is 2.89. The van der Waals surface area contributed by atoms with E-state index < -0.39 is 0 Å². The lowest BCUT2D eigenvalue weighted by Crippen LogP contribution is -1.85. The van der Waals surface area contributed by atoms with E-state index in [1.54, 1.807) is 0 Å². The van der Waals surface area contributed by atoms with Crippen LogP contribution in [0.3, 0.4) is 0 Å². The highest BCUT2D eigenvalue weighted by Gasteiger charge is 1.98. The molecule has 4 aliphatic rings. The molecule has 0 heterocycles. The molecule has 0 atom stereocenters. The Morgan fingerprint density at radius 2 is 0.0750 bits per heavy atom. The van der Waals surface area contributed by atoms with Crippen molar-refractivity contribution in [1.29, 1.82) is 0 Å². The Bertz CT molecular complexity index is 273. The first kappa shape index (κ1) is 38.0. The van der Waals surface area contributed by atoms with Gasteiger partial charge < -0.3 is 0 Å². The normalized spacial score (nSPS) is 24.0. The Morgan fingerprint density at radius 1 is 0.0500 bits per heavy atom. The van der Waals surface area contributed by atoms with Crippen LogP contribution in [-0.4, -0.2) is 0 Å². The van der Waals surface area contributed by atoms with Crippen LogP contribution in [0.25, 0.3) is 0 Å².